The molecule has 3 rings (SSSR count). The summed E-state index contributed by atoms with van der Waals surface area (Å²) >= 11 is 0. The van der Waals surface area contributed by atoms with Crippen molar-refractivity contribution in [2.45, 2.75) is 51.7 Å². The predicted molar refractivity (Wildman–Crippen MR) is 111 cm³/mol. The number of likely N-dealkylation sites (N-methyl/N-ethyl adjacent to an activating group) is 2. The first-order valence-electron chi connectivity index (χ1n) is 9.66. The summed E-state index contributed by atoms with van der Waals surface area (Å²) in [6, 6.07) is 6.14. The van der Waals surface area contributed by atoms with Crippen LogP contribution in [0.15, 0.2) is 36.8 Å². The molecule has 0 atom stereocenters. The molecule has 0 bridgehead atoms. The maximum absolute atomic E-state index is 12.5. The quantitative estimate of drug-likeness (QED) is 0.772. The molecule has 1 amide bonds. The highest BCUT2D eigenvalue weighted by atomic mass is 16.6. The molecule has 2 aromatic rings. The number of aryl methyl sites for hydroxylation is 1. The summed E-state index contributed by atoms with van der Waals surface area (Å²) in [6.07, 6.45) is 7.16. The van der Waals surface area contributed by atoms with Crippen molar-refractivity contribution in [2.24, 2.45) is 0 Å². The fourth-order valence-corrected chi connectivity index (χ4v) is 3.36. The predicted octanol–water partition coefficient (Wildman–Crippen LogP) is 4.29. The topological polar surface area (TPSA) is 58.6 Å². The van der Waals surface area contributed by atoms with E-state index in [4.69, 9.17) is 4.74 Å². The van der Waals surface area contributed by atoms with Gasteiger partial charge in [-0.15, -0.1) is 0 Å². The van der Waals surface area contributed by atoms with Gasteiger partial charge in [0.15, 0.2) is 0 Å². The zero-order chi connectivity index (χ0) is 20.5. The third-order valence-electron chi connectivity index (χ3n) is 5.24. The van der Waals surface area contributed by atoms with Gasteiger partial charge in [0, 0.05) is 44.3 Å². The lowest BCUT2D eigenvalue weighted by Gasteiger charge is -2.34. The Balaban J connectivity index is 1.76. The number of pyridine rings is 2. The number of carbonyl (C=O) groups is 1. The van der Waals surface area contributed by atoms with E-state index in [0.717, 1.165) is 41.9 Å². The van der Waals surface area contributed by atoms with Crippen molar-refractivity contribution < 1.29 is 9.53 Å². The first-order chi connectivity index (χ1) is 13.1. The highest BCUT2D eigenvalue weighted by Gasteiger charge is 2.50. The van der Waals surface area contributed by atoms with E-state index in [9.17, 15) is 4.79 Å². The van der Waals surface area contributed by atoms with Gasteiger partial charge in [-0.05, 0) is 64.3 Å². The Hall–Kier alpha value is -2.63. The molecule has 1 aliphatic rings. The molecule has 1 aliphatic carbocycles. The SMILES string of the molecule is Cc1ncc(N(C)CC2(N(C)C(=O)OC(C)(C)C)CC2)cc1-c1ccncc1. The molecular formula is C22H30N4O2. The Kier molecular flexibility index (Phi) is 5.33. The smallest absolute Gasteiger partial charge is 0.410 e. The third kappa shape index (κ3) is 4.43. The molecule has 1 saturated carbocycles. The zero-order valence-corrected chi connectivity index (χ0v) is 17.7. The van der Waals surface area contributed by atoms with Crippen molar-refractivity contribution in [1.82, 2.24) is 14.9 Å². The average Bonchev–Trinajstić information content (AvgIpc) is 3.41. The lowest BCUT2D eigenvalue weighted by atomic mass is 10.1. The highest BCUT2D eigenvalue weighted by molar-refractivity contribution is 5.71. The average molecular weight is 383 g/mol. The lowest BCUT2D eigenvalue weighted by Crippen LogP contribution is -2.48. The van der Waals surface area contributed by atoms with Crippen LogP contribution in [0.25, 0.3) is 11.1 Å². The number of amides is 1. The van der Waals surface area contributed by atoms with E-state index in [2.05, 4.69) is 20.9 Å². The van der Waals surface area contributed by atoms with Gasteiger partial charge in [0.2, 0.25) is 0 Å². The molecule has 0 saturated heterocycles. The molecule has 1 fully saturated rings. The molecule has 0 aliphatic heterocycles. The van der Waals surface area contributed by atoms with Crippen molar-refractivity contribution in [2.75, 3.05) is 25.5 Å². The maximum atomic E-state index is 12.5. The van der Waals surface area contributed by atoms with Crippen molar-refractivity contribution >= 4 is 11.8 Å². The van der Waals surface area contributed by atoms with Gasteiger partial charge in [-0.1, -0.05) is 0 Å². The second-order valence-electron chi connectivity index (χ2n) is 8.68. The summed E-state index contributed by atoms with van der Waals surface area (Å²) in [7, 11) is 3.89. The Morgan fingerprint density at radius 3 is 2.43 bits per heavy atom. The molecule has 0 unspecified atom stereocenters. The minimum absolute atomic E-state index is 0.182. The summed E-state index contributed by atoms with van der Waals surface area (Å²) in [6.45, 7) is 8.43. The van der Waals surface area contributed by atoms with Crippen molar-refractivity contribution in [1.29, 1.82) is 0 Å². The number of rotatable bonds is 5. The second-order valence-corrected chi connectivity index (χ2v) is 8.68. The van der Waals surface area contributed by atoms with Gasteiger partial charge < -0.3 is 14.5 Å². The number of anilines is 1. The number of nitrogens with zero attached hydrogens (tertiary/aromatic N) is 4. The van der Waals surface area contributed by atoms with Gasteiger partial charge in [0.1, 0.15) is 5.60 Å². The van der Waals surface area contributed by atoms with Crippen molar-refractivity contribution in [3.05, 3.63) is 42.5 Å². The molecule has 2 aromatic heterocycles. The molecule has 6 nitrogen and oxygen atoms in total. The molecule has 28 heavy (non-hydrogen) atoms. The van der Waals surface area contributed by atoms with Gasteiger partial charge in [-0.2, -0.15) is 0 Å². The van der Waals surface area contributed by atoms with Crippen molar-refractivity contribution in [3.8, 4) is 11.1 Å². The van der Waals surface area contributed by atoms with Gasteiger partial charge in [-0.3, -0.25) is 9.97 Å². The fraction of sp³-hybridized carbons (Fsp3) is 0.500. The number of aromatic nitrogens is 2. The summed E-state index contributed by atoms with van der Waals surface area (Å²) < 4.78 is 5.56. The standard InChI is InChI=1S/C22H30N4O2/c1-16-19(17-7-11-23-12-8-17)13-18(14-24-16)25(5)15-22(9-10-22)26(6)20(27)28-21(2,3)4/h7-8,11-14H,9-10,15H2,1-6H3. The summed E-state index contributed by atoms with van der Waals surface area (Å²) in [5.74, 6) is 0. The number of hydrogen-bond acceptors (Lipinski definition) is 5. The maximum Gasteiger partial charge on any atom is 0.410 e. The number of carbonyl (C=O) groups excluding carboxylic acids is 1. The molecule has 150 valence electrons. The van der Waals surface area contributed by atoms with E-state index in [0.29, 0.717) is 0 Å². The normalized spacial score (nSPS) is 15.1. The van der Waals surface area contributed by atoms with E-state index >= 15 is 0 Å². The van der Waals surface area contributed by atoms with E-state index in [1.165, 1.54) is 0 Å². The van der Waals surface area contributed by atoms with Crippen LogP contribution in [0.5, 0.6) is 0 Å². The fourth-order valence-electron chi connectivity index (χ4n) is 3.36. The Labute approximate surface area is 167 Å². The third-order valence-corrected chi connectivity index (χ3v) is 5.24. The first-order valence-corrected chi connectivity index (χ1v) is 9.66. The van der Waals surface area contributed by atoms with Crippen LogP contribution >= 0.6 is 0 Å². The number of ether oxygens (including phenoxy) is 1. The largest absolute Gasteiger partial charge is 0.444 e. The summed E-state index contributed by atoms with van der Waals surface area (Å²) in [4.78, 5) is 25.1. The van der Waals surface area contributed by atoms with E-state index in [1.54, 1.807) is 17.3 Å². The van der Waals surface area contributed by atoms with Gasteiger partial charge in [-0.25, -0.2) is 4.79 Å². The van der Waals surface area contributed by atoms with Crippen molar-refractivity contribution in [3.63, 3.8) is 0 Å². The van der Waals surface area contributed by atoms with E-state index in [-0.39, 0.29) is 11.6 Å². The lowest BCUT2D eigenvalue weighted by molar-refractivity contribution is 0.0202. The Morgan fingerprint density at radius 2 is 1.86 bits per heavy atom. The second kappa shape index (κ2) is 7.41. The molecular weight excluding hydrogens is 352 g/mol. The first kappa shape index (κ1) is 20.1. The Bertz CT molecular complexity index is 841. The van der Waals surface area contributed by atoms with Crippen LogP contribution in [-0.4, -0.2) is 52.7 Å². The summed E-state index contributed by atoms with van der Waals surface area (Å²) in [5, 5.41) is 0. The van der Waals surface area contributed by atoms with Crippen LogP contribution in [-0.2, 0) is 4.74 Å². The van der Waals surface area contributed by atoms with E-state index in [1.807, 2.05) is 60.1 Å². The van der Waals surface area contributed by atoms with Gasteiger partial charge >= 0.3 is 6.09 Å². The van der Waals surface area contributed by atoms with Crippen LogP contribution in [0.3, 0.4) is 0 Å². The van der Waals surface area contributed by atoms with E-state index < -0.39 is 5.60 Å². The summed E-state index contributed by atoms with van der Waals surface area (Å²) in [5.41, 5.74) is 3.53. The molecule has 6 heteroatoms. The Morgan fingerprint density at radius 1 is 1.21 bits per heavy atom. The zero-order valence-electron chi connectivity index (χ0n) is 17.7. The molecule has 0 N–H and O–H groups in total. The van der Waals surface area contributed by atoms with Crippen LogP contribution in [0, 0.1) is 6.92 Å². The van der Waals surface area contributed by atoms with Crippen LogP contribution in [0.4, 0.5) is 10.5 Å². The number of hydrogen-bond donors (Lipinski definition) is 0. The minimum Gasteiger partial charge on any atom is -0.444 e. The molecule has 2 heterocycles. The van der Waals surface area contributed by atoms with Crippen LogP contribution < -0.4 is 4.90 Å². The monoisotopic (exact) mass is 382 g/mol. The molecule has 0 radical (unpaired) electrons. The minimum atomic E-state index is -0.492. The molecule has 0 aromatic carbocycles. The van der Waals surface area contributed by atoms with Gasteiger partial charge in [0.25, 0.3) is 0 Å². The van der Waals surface area contributed by atoms with Gasteiger partial charge in [0.05, 0.1) is 17.4 Å². The van der Waals surface area contributed by atoms with Crippen LogP contribution in [0.1, 0.15) is 39.3 Å². The van der Waals surface area contributed by atoms with Crippen LogP contribution in [0.2, 0.25) is 0 Å². The molecule has 0 spiro atoms. The highest BCUT2D eigenvalue weighted by Crippen LogP contribution is 2.43.